The average Bonchev–Trinajstić information content (AvgIpc) is 3.87. The first-order valence-electron chi connectivity index (χ1n) is 14.7. The van der Waals surface area contributed by atoms with Crippen LogP contribution in [0.15, 0.2) is 30.4 Å². The van der Waals surface area contributed by atoms with Crippen molar-refractivity contribution in [1.82, 2.24) is 14.9 Å². The van der Waals surface area contributed by atoms with Crippen molar-refractivity contribution in [2.45, 2.75) is 75.2 Å². The molecule has 4 aliphatic rings. The van der Waals surface area contributed by atoms with E-state index in [1.54, 1.807) is 30.1 Å². The molecule has 3 N–H and O–H groups in total. The number of carbonyl (C=O) groups is 4. The standard InChI is InChI=1S/C30H37N5O7S/c1-18-8-9-19(17-31)25(13-18)32-29(39)42-21-14-23-24(15-21)27(37)35(2)12-6-4-3-5-7-20-16-30(20,33-26(23)36)28(38)34-43(40,41)22-10-11-22/h5,7-9,13,20-24H,3-4,6,10-12,14-16H2,1-2H3,(H,32,39)(H,33,36)(H,34,38)/b7-5-/t20-,21+,23+,24+,30+/m0/s1. The summed E-state index contributed by atoms with van der Waals surface area (Å²) in [5, 5.41) is 14.2. The number of carbonyl (C=O) groups excluding carboxylic acids is 4. The van der Waals surface area contributed by atoms with Gasteiger partial charge in [-0.05, 0) is 76.0 Å². The van der Waals surface area contributed by atoms with Crippen molar-refractivity contribution in [1.29, 1.82) is 5.26 Å². The maximum atomic E-state index is 13.8. The van der Waals surface area contributed by atoms with Gasteiger partial charge in [-0.25, -0.2) is 13.2 Å². The minimum atomic E-state index is -3.84. The van der Waals surface area contributed by atoms with E-state index < -0.39 is 56.7 Å². The largest absolute Gasteiger partial charge is 0.446 e. The maximum Gasteiger partial charge on any atom is 0.411 e. The van der Waals surface area contributed by atoms with E-state index in [0.29, 0.717) is 25.1 Å². The summed E-state index contributed by atoms with van der Waals surface area (Å²) in [4.78, 5) is 55.1. The number of aryl methyl sites for hydroxylation is 1. The summed E-state index contributed by atoms with van der Waals surface area (Å²) >= 11 is 0. The summed E-state index contributed by atoms with van der Waals surface area (Å²) in [6, 6.07) is 7.00. The molecule has 5 atom stereocenters. The lowest BCUT2D eigenvalue weighted by Crippen LogP contribution is -2.54. The topological polar surface area (TPSA) is 175 Å². The maximum absolute atomic E-state index is 13.8. The van der Waals surface area contributed by atoms with Crippen LogP contribution in [0, 0.1) is 36.0 Å². The molecule has 12 nitrogen and oxygen atoms in total. The van der Waals surface area contributed by atoms with Crippen LogP contribution in [0.3, 0.4) is 0 Å². The lowest BCUT2D eigenvalue weighted by molar-refractivity contribution is -0.140. The van der Waals surface area contributed by atoms with Gasteiger partial charge in [0.25, 0.3) is 5.91 Å². The van der Waals surface area contributed by atoms with Crippen molar-refractivity contribution in [3.05, 3.63) is 41.5 Å². The zero-order valence-electron chi connectivity index (χ0n) is 24.3. The number of amides is 4. The van der Waals surface area contributed by atoms with Crippen LogP contribution in [0.25, 0.3) is 0 Å². The summed E-state index contributed by atoms with van der Waals surface area (Å²) in [5.74, 6) is -3.68. The van der Waals surface area contributed by atoms with Crippen molar-refractivity contribution in [2.24, 2.45) is 17.8 Å². The van der Waals surface area contributed by atoms with E-state index in [4.69, 9.17) is 4.74 Å². The molecule has 0 unspecified atom stereocenters. The summed E-state index contributed by atoms with van der Waals surface area (Å²) in [7, 11) is -2.16. The highest BCUT2D eigenvalue weighted by Gasteiger charge is 2.62. The van der Waals surface area contributed by atoms with Crippen molar-refractivity contribution in [2.75, 3.05) is 18.9 Å². The molecule has 13 heteroatoms. The lowest BCUT2D eigenvalue weighted by atomic mass is 9.93. The molecule has 1 aromatic carbocycles. The molecule has 3 aliphatic carbocycles. The number of hydrogen-bond donors (Lipinski definition) is 3. The Bertz CT molecular complexity index is 1500. The molecule has 3 fully saturated rings. The van der Waals surface area contributed by atoms with Gasteiger partial charge in [0.15, 0.2) is 0 Å². The second kappa shape index (κ2) is 12.0. The number of fused-ring (bicyclic) bond motifs is 2. The number of rotatable bonds is 5. The number of nitriles is 1. The smallest absolute Gasteiger partial charge is 0.411 e. The van der Waals surface area contributed by atoms with E-state index in [1.807, 2.05) is 25.1 Å². The quantitative estimate of drug-likeness (QED) is 0.426. The molecule has 0 spiro atoms. The minimum absolute atomic E-state index is 0.0427. The van der Waals surface area contributed by atoms with E-state index in [1.165, 1.54) is 0 Å². The van der Waals surface area contributed by atoms with Gasteiger partial charge in [-0.1, -0.05) is 18.2 Å². The molecular formula is C30H37N5O7S. The van der Waals surface area contributed by atoms with Gasteiger partial charge in [0.1, 0.15) is 17.7 Å². The van der Waals surface area contributed by atoms with Crippen molar-refractivity contribution >= 4 is 39.5 Å². The van der Waals surface area contributed by atoms with E-state index >= 15 is 0 Å². The van der Waals surface area contributed by atoms with Crippen LogP contribution in [0.5, 0.6) is 0 Å². The SMILES string of the molecule is Cc1ccc(C#N)c(NC(=O)O[C@@H]2C[C@H]3C(=O)N[C@]4(C(=O)NS(=O)(=O)C5CC5)C[C@@H]4/C=C\CCCCN(C)C(=O)[C@@H]3C2)c1. The van der Waals surface area contributed by atoms with Gasteiger partial charge >= 0.3 is 6.09 Å². The van der Waals surface area contributed by atoms with E-state index in [2.05, 4.69) is 15.4 Å². The number of allylic oxidation sites excluding steroid dienone is 1. The van der Waals surface area contributed by atoms with Crippen LogP contribution in [-0.4, -0.2) is 67.6 Å². The Morgan fingerprint density at radius 3 is 2.63 bits per heavy atom. The monoisotopic (exact) mass is 611 g/mol. The molecule has 230 valence electrons. The Balaban J connectivity index is 1.35. The van der Waals surface area contributed by atoms with E-state index in [0.717, 1.165) is 24.8 Å². The number of nitrogens with one attached hydrogen (secondary N) is 3. The fraction of sp³-hybridized carbons (Fsp3) is 0.567. The molecule has 1 heterocycles. The molecule has 0 radical (unpaired) electrons. The fourth-order valence-corrected chi connectivity index (χ4v) is 7.41. The number of nitrogens with zero attached hydrogens (tertiary/aromatic N) is 2. The molecule has 4 amide bonds. The van der Waals surface area contributed by atoms with Gasteiger partial charge in [-0.2, -0.15) is 5.26 Å². The number of ether oxygens (including phenoxy) is 1. The molecule has 1 aromatic rings. The van der Waals surface area contributed by atoms with Crippen molar-refractivity contribution in [3.8, 4) is 6.07 Å². The second-order valence-electron chi connectivity index (χ2n) is 12.1. The molecule has 3 saturated carbocycles. The molecule has 0 aromatic heterocycles. The van der Waals surface area contributed by atoms with Crippen LogP contribution in [0.4, 0.5) is 10.5 Å². The molecule has 1 aliphatic heterocycles. The molecule has 0 saturated heterocycles. The predicted octanol–water partition coefficient (Wildman–Crippen LogP) is 2.49. The third kappa shape index (κ3) is 6.69. The van der Waals surface area contributed by atoms with Gasteiger partial charge in [0.2, 0.25) is 21.8 Å². The Kier molecular flexibility index (Phi) is 8.51. The summed E-state index contributed by atoms with van der Waals surface area (Å²) in [6.45, 7) is 2.32. The normalized spacial score (nSPS) is 30.0. The highest BCUT2D eigenvalue weighted by Crippen LogP contribution is 2.47. The minimum Gasteiger partial charge on any atom is -0.446 e. The third-order valence-corrected chi connectivity index (χ3v) is 10.6. The molecule has 5 rings (SSSR count). The van der Waals surface area contributed by atoms with Crippen molar-refractivity contribution in [3.63, 3.8) is 0 Å². The summed E-state index contributed by atoms with van der Waals surface area (Å²) in [6.07, 6.45) is 5.83. The van der Waals surface area contributed by atoms with Crippen LogP contribution >= 0.6 is 0 Å². The van der Waals surface area contributed by atoms with E-state index in [9.17, 15) is 32.9 Å². The predicted molar refractivity (Wildman–Crippen MR) is 156 cm³/mol. The molecule has 0 bridgehead atoms. The lowest BCUT2D eigenvalue weighted by Gasteiger charge is -2.26. The van der Waals surface area contributed by atoms with Crippen molar-refractivity contribution < 1.29 is 32.3 Å². The second-order valence-corrected chi connectivity index (χ2v) is 14.1. The summed E-state index contributed by atoms with van der Waals surface area (Å²) < 4.78 is 32.9. The Morgan fingerprint density at radius 1 is 1.16 bits per heavy atom. The first-order chi connectivity index (χ1) is 20.4. The number of sulfonamides is 1. The molecule has 43 heavy (non-hydrogen) atoms. The highest BCUT2D eigenvalue weighted by molar-refractivity contribution is 7.91. The zero-order chi connectivity index (χ0) is 30.9. The van der Waals surface area contributed by atoms with Crippen LogP contribution in [-0.2, 0) is 29.1 Å². The Labute approximate surface area is 251 Å². The Morgan fingerprint density at radius 2 is 1.91 bits per heavy atom. The number of anilines is 1. The fourth-order valence-electron chi connectivity index (χ4n) is 6.04. The van der Waals surface area contributed by atoms with Gasteiger partial charge in [0, 0.05) is 19.5 Å². The first kappa shape index (κ1) is 30.5. The van der Waals surface area contributed by atoms with Crippen LogP contribution in [0.1, 0.15) is 62.5 Å². The van der Waals surface area contributed by atoms with Gasteiger partial charge in [-0.15, -0.1) is 0 Å². The average molecular weight is 612 g/mol. The Hall–Kier alpha value is -3.92. The van der Waals surface area contributed by atoms with Gasteiger partial charge in [0.05, 0.1) is 28.3 Å². The highest BCUT2D eigenvalue weighted by atomic mass is 32.2. The number of benzene rings is 1. The van der Waals surface area contributed by atoms with Crippen LogP contribution in [0.2, 0.25) is 0 Å². The zero-order valence-corrected chi connectivity index (χ0v) is 25.1. The van der Waals surface area contributed by atoms with Crippen LogP contribution < -0.4 is 15.4 Å². The number of hydrogen-bond acceptors (Lipinski definition) is 8. The van der Waals surface area contributed by atoms with E-state index in [-0.39, 0.29) is 36.7 Å². The van der Waals surface area contributed by atoms with Gasteiger partial charge < -0.3 is 15.0 Å². The summed E-state index contributed by atoms with van der Waals surface area (Å²) in [5.41, 5.74) is -0.0483. The molecular weight excluding hydrogens is 574 g/mol. The third-order valence-electron chi connectivity index (χ3n) is 8.80. The van der Waals surface area contributed by atoms with Gasteiger partial charge in [-0.3, -0.25) is 24.4 Å². The first-order valence-corrected chi connectivity index (χ1v) is 16.3.